The van der Waals surface area contributed by atoms with Crippen molar-refractivity contribution < 1.29 is 36.2 Å². The molecule has 1 aromatic carbocycles. The lowest BCUT2D eigenvalue weighted by molar-refractivity contribution is -0.140. The first-order valence-corrected chi connectivity index (χ1v) is 16.8. The number of alkyl halides is 4. The summed E-state index contributed by atoms with van der Waals surface area (Å²) in [7, 11) is 0. The van der Waals surface area contributed by atoms with Gasteiger partial charge in [-0.3, -0.25) is 14.4 Å². The minimum absolute atomic E-state index is 0.0247. The quantitative estimate of drug-likeness (QED) is 0.221. The van der Waals surface area contributed by atoms with Crippen LogP contribution in [0.3, 0.4) is 0 Å². The second-order valence-corrected chi connectivity index (χ2v) is 13.8. The highest BCUT2D eigenvalue weighted by Crippen LogP contribution is 2.44. The Morgan fingerprint density at radius 2 is 1.96 bits per heavy atom. The molecule has 5 aliphatic heterocycles. The maximum atomic E-state index is 15.3. The first-order chi connectivity index (χ1) is 23.4. The number of ether oxygens (including phenoxy) is 2. The van der Waals surface area contributed by atoms with Crippen molar-refractivity contribution in [2.75, 3.05) is 50.0 Å². The molecule has 262 valence electrons. The molecule has 0 bridgehead atoms. The Morgan fingerprint density at radius 3 is 2.73 bits per heavy atom. The molecule has 11 nitrogen and oxygen atoms in total. The number of nitrogens with zero attached hydrogens (tertiary/aromatic N) is 7. The Bertz CT molecular complexity index is 1820. The average Bonchev–Trinajstić information content (AvgIpc) is 3.74. The van der Waals surface area contributed by atoms with Gasteiger partial charge in [0.1, 0.15) is 18.6 Å². The molecule has 0 saturated carbocycles. The number of aryl methyl sites for hydroxylation is 1. The maximum Gasteiger partial charge on any atom is 0.416 e. The topological polar surface area (TPSA) is 115 Å². The number of rotatable bonds is 6. The second-order valence-electron chi connectivity index (χ2n) is 13.5. The van der Waals surface area contributed by atoms with Gasteiger partial charge in [0, 0.05) is 56.7 Å². The van der Waals surface area contributed by atoms with Gasteiger partial charge in [-0.15, -0.1) is 0 Å². The number of nitrogens with two attached hydrogens (primary N) is 1. The summed E-state index contributed by atoms with van der Waals surface area (Å²) in [6, 6.07) is 1.61. The molecule has 0 spiro atoms. The van der Waals surface area contributed by atoms with Crippen molar-refractivity contribution in [3.8, 4) is 6.01 Å². The highest BCUT2D eigenvalue weighted by Gasteiger charge is 2.49. The second kappa shape index (κ2) is 11.9. The number of aromatic nitrogens is 4. The van der Waals surface area contributed by atoms with Gasteiger partial charge in [0.15, 0.2) is 11.5 Å². The maximum absolute atomic E-state index is 15.3. The summed E-state index contributed by atoms with van der Waals surface area (Å²) >= 11 is 6.75. The molecule has 5 aliphatic rings. The van der Waals surface area contributed by atoms with Crippen molar-refractivity contribution in [2.24, 2.45) is 0 Å². The molecule has 1 amide bonds. The fraction of sp³-hybridized carbons (Fsp3) is 0.562. The van der Waals surface area contributed by atoms with Crippen LogP contribution in [0.15, 0.2) is 12.1 Å². The molecule has 7 heterocycles. The monoisotopic (exact) mass is 708 g/mol. The van der Waals surface area contributed by atoms with Crippen molar-refractivity contribution >= 4 is 29.0 Å². The Morgan fingerprint density at radius 1 is 1.14 bits per heavy atom. The first kappa shape index (κ1) is 32.4. The van der Waals surface area contributed by atoms with E-state index >= 15 is 4.39 Å². The van der Waals surface area contributed by atoms with Crippen LogP contribution >= 0.6 is 11.6 Å². The van der Waals surface area contributed by atoms with Crippen molar-refractivity contribution in [3.05, 3.63) is 56.7 Å². The van der Waals surface area contributed by atoms with Crippen LogP contribution in [0.4, 0.5) is 33.5 Å². The fourth-order valence-corrected chi connectivity index (χ4v) is 8.04. The van der Waals surface area contributed by atoms with Gasteiger partial charge in [0.2, 0.25) is 0 Å². The Labute approximate surface area is 283 Å². The zero-order valence-electron chi connectivity index (χ0n) is 26.4. The predicted octanol–water partition coefficient (Wildman–Crippen LogP) is 4.70. The van der Waals surface area contributed by atoms with Crippen LogP contribution < -0.4 is 15.4 Å². The van der Waals surface area contributed by atoms with E-state index < -0.39 is 46.6 Å². The van der Waals surface area contributed by atoms with E-state index in [0.717, 1.165) is 31.5 Å². The normalized spacial score (nSPS) is 25.2. The molecule has 2 aromatic heterocycles. The lowest BCUT2D eigenvalue weighted by Crippen LogP contribution is -2.43. The molecular formula is C32H34ClF5N8O3. The van der Waals surface area contributed by atoms with Crippen LogP contribution in [0.2, 0.25) is 5.02 Å². The molecule has 3 saturated heterocycles. The smallest absolute Gasteiger partial charge is 0.416 e. The van der Waals surface area contributed by atoms with Gasteiger partial charge in [0.05, 0.1) is 52.5 Å². The molecular weight excluding hydrogens is 675 g/mol. The van der Waals surface area contributed by atoms with E-state index in [1.165, 1.54) is 0 Å². The van der Waals surface area contributed by atoms with Gasteiger partial charge in [-0.25, -0.2) is 8.78 Å². The van der Waals surface area contributed by atoms with Gasteiger partial charge in [-0.05, 0) is 37.9 Å². The molecule has 3 aromatic rings. The summed E-state index contributed by atoms with van der Waals surface area (Å²) in [6.07, 6.45) is -4.80. The number of amides is 1. The molecule has 3 fully saturated rings. The van der Waals surface area contributed by atoms with E-state index in [1.807, 2.05) is 4.90 Å². The Kier molecular flexibility index (Phi) is 7.90. The highest BCUT2D eigenvalue weighted by molar-refractivity contribution is 6.34. The van der Waals surface area contributed by atoms with Crippen LogP contribution in [0, 0.1) is 5.82 Å². The molecule has 2 N–H and O–H groups in total. The van der Waals surface area contributed by atoms with Crippen molar-refractivity contribution in [1.29, 1.82) is 0 Å². The molecule has 49 heavy (non-hydrogen) atoms. The molecule has 0 radical (unpaired) electrons. The average molecular weight is 709 g/mol. The summed E-state index contributed by atoms with van der Waals surface area (Å²) in [6.45, 7) is 3.50. The van der Waals surface area contributed by atoms with Gasteiger partial charge in [-0.1, -0.05) is 11.6 Å². The molecule has 8 rings (SSSR count). The van der Waals surface area contributed by atoms with Crippen LogP contribution in [0.1, 0.15) is 70.4 Å². The summed E-state index contributed by atoms with van der Waals surface area (Å²) < 4.78 is 86.0. The largest absolute Gasteiger partial charge is 0.461 e. The summed E-state index contributed by atoms with van der Waals surface area (Å²) in [4.78, 5) is 27.9. The lowest BCUT2D eigenvalue weighted by atomic mass is 9.94. The summed E-state index contributed by atoms with van der Waals surface area (Å²) in [5, 5.41) is 4.76. The third-order valence-electron chi connectivity index (χ3n) is 10.3. The number of hydrogen-bond acceptors (Lipinski definition) is 9. The molecule has 17 heteroatoms. The van der Waals surface area contributed by atoms with Gasteiger partial charge in [-0.2, -0.15) is 28.2 Å². The van der Waals surface area contributed by atoms with E-state index in [2.05, 4.69) is 15.0 Å². The van der Waals surface area contributed by atoms with Crippen molar-refractivity contribution in [2.45, 2.75) is 75.8 Å². The van der Waals surface area contributed by atoms with E-state index in [1.54, 1.807) is 9.58 Å². The molecule has 0 unspecified atom stereocenters. The minimum atomic E-state index is -4.86. The number of anilines is 2. The Hall–Kier alpha value is -3.76. The Balaban J connectivity index is 1.16. The molecule has 0 aliphatic carbocycles. The van der Waals surface area contributed by atoms with Gasteiger partial charge in [0.25, 0.3) is 5.91 Å². The minimum Gasteiger partial charge on any atom is -0.461 e. The lowest BCUT2D eigenvalue weighted by Gasteiger charge is -2.33. The van der Waals surface area contributed by atoms with Crippen LogP contribution in [0.25, 0.3) is 0 Å². The van der Waals surface area contributed by atoms with E-state index in [9.17, 15) is 22.4 Å². The zero-order valence-corrected chi connectivity index (χ0v) is 27.2. The molecule has 3 atom stereocenters. The number of carbonyl (C=O) groups is 1. The van der Waals surface area contributed by atoms with Crippen LogP contribution in [-0.2, 0) is 37.0 Å². The van der Waals surface area contributed by atoms with E-state index in [0.29, 0.717) is 68.3 Å². The number of hydrogen-bond donors (Lipinski definition) is 1. The third kappa shape index (κ3) is 5.74. The van der Waals surface area contributed by atoms with E-state index in [4.69, 9.17) is 31.8 Å². The highest BCUT2D eigenvalue weighted by atomic mass is 35.5. The number of halogens is 6. The first-order valence-electron chi connectivity index (χ1n) is 16.4. The number of carbonyl (C=O) groups excluding carboxylic acids is 1. The zero-order chi connectivity index (χ0) is 34.2. The van der Waals surface area contributed by atoms with Gasteiger partial charge < -0.3 is 25.0 Å². The fourth-order valence-electron chi connectivity index (χ4n) is 7.76. The predicted molar refractivity (Wildman–Crippen MR) is 166 cm³/mol. The van der Waals surface area contributed by atoms with Crippen molar-refractivity contribution in [1.82, 2.24) is 29.5 Å². The van der Waals surface area contributed by atoms with Crippen LogP contribution in [0.5, 0.6) is 6.01 Å². The SMILES string of the molecule is Nc1ccc(C(F)(F)F)c([C@@H]2Cc3nc(OC[C@@]45CCCN4C[C@H](F)C5)nc(N4CCCn5nc(C(=O)N6CC6)c(Cl)c5C4)c3CO2)c1F. The number of benzene rings is 1. The summed E-state index contributed by atoms with van der Waals surface area (Å²) in [5.41, 5.74) is 4.57. The standard InChI is InChI=1S/C32H34ClF5N8O3/c33-25-22-14-44(6-2-8-46(22)42-27(25)29(47)43-9-10-43)28-18-15-48-23(24-19(32(36,37)38)3-4-20(39)26(24)35)11-21(18)40-30(41-28)49-16-31-5-1-7-45(31)13-17(34)12-31/h3-4,17,23H,1-2,5-16,39H2/t17-,23+,31+/m1/s1. The van der Waals surface area contributed by atoms with E-state index in [-0.39, 0.29) is 48.8 Å². The van der Waals surface area contributed by atoms with Gasteiger partial charge >= 0.3 is 12.2 Å². The third-order valence-corrected chi connectivity index (χ3v) is 10.7. The van der Waals surface area contributed by atoms with Crippen molar-refractivity contribution in [3.63, 3.8) is 0 Å². The van der Waals surface area contributed by atoms with Crippen LogP contribution in [-0.4, -0.2) is 86.5 Å². The summed E-state index contributed by atoms with van der Waals surface area (Å²) in [5.74, 6) is -1.01. The number of fused-ring (bicyclic) bond motifs is 3. The number of nitrogen functional groups attached to an aromatic ring is 1.